The predicted octanol–water partition coefficient (Wildman–Crippen LogP) is 2.38. The zero-order valence-corrected chi connectivity index (χ0v) is 15.4. The first-order chi connectivity index (χ1) is 11.8. The third-order valence-electron chi connectivity index (χ3n) is 5.02. The number of benzene rings is 1. The molecule has 1 aromatic carbocycles. The first-order valence-electron chi connectivity index (χ1n) is 8.83. The third kappa shape index (κ3) is 3.57. The van der Waals surface area contributed by atoms with Crippen molar-refractivity contribution in [3.05, 3.63) is 29.3 Å². The number of hydrogen-bond acceptors (Lipinski definition) is 3. The predicted molar refractivity (Wildman–Crippen MR) is 95.6 cm³/mol. The molecule has 2 atom stereocenters. The van der Waals surface area contributed by atoms with Gasteiger partial charge in [0.1, 0.15) is 5.75 Å². The van der Waals surface area contributed by atoms with Crippen LogP contribution in [-0.4, -0.2) is 42.1 Å². The van der Waals surface area contributed by atoms with E-state index in [1.54, 1.807) is 7.11 Å². The molecule has 3 rings (SSSR count). The second-order valence-electron chi connectivity index (χ2n) is 7.81. The van der Waals surface area contributed by atoms with Gasteiger partial charge in [0.05, 0.1) is 19.2 Å². The topological polar surface area (TPSA) is 70.7 Å². The van der Waals surface area contributed by atoms with Crippen molar-refractivity contribution in [2.24, 2.45) is 0 Å². The lowest BCUT2D eigenvalue weighted by molar-refractivity contribution is -0.131. The van der Waals surface area contributed by atoms with E-state index in [0.717, 1.165) is 24.2 Å². The first-order valence-corrected chi connectivity index (χ1v) is 8.83. The summed E-state index contributed by atoms with van der Waals surface area (Å²) in [6.07, 6.45) is 2.12. The summed E-state index contributed by atoms with van der Waals surface area (Å²) < 4.78 is 5.40. The van der Waals surface area contributed by atoms with Crippen molar-refractivity contribution < 1.29 is 14.3 Å². The number of amides is 3. The van der Waals surface area contributed by atoms with Gasteiger partial charge in [0.15, 0.2) is 0 Å². The van der Waals surface area contributed by atoms with Gasteiger partial charge in [-0.05, 0) is 50.8 Å². The zero-order valence-electron chi connectivity index (χ0n) is 15.4. The molecule has 1 aliphatic heterocycles. The van der Waals surface area contributed by atoms with Crippen LogP contribution >= 0.6 is 0 Å². The highest BCUT2D eigenvalue weighted by Crippen LogP contribution is 2.36. The Bertz CT molecular complexity index is 681. The van der Waals surface area contributed by atoms with Crippen molar-refractivity contribution in [1.82, 2.24) is 15.5 Å². The summed E-state index contributed by atoms with van der Waals surface area (Å²) in [6.45, 7) is 6.59. The number of fused-ring (bicyclic) bond motifs is 1. The summed E-state index contributed by atoms with van der Waals surface area (Å²) in [4.78, 5) is 26.4. The van der Waals surface area contributed by atoms with Gasteiger partial charge in [0.25, 0.3) is 0 Å². The molecule has 0 radical (unpaired) electrons. The molecular formula is C19H27N3O3. The minimum absolute atomic E-state index is 0.0130. The molecule has 1 fully saturated rings. The Morgan fingerprint density at radius 3 is 2.68 bits per heavy atom. The number of likely N-dealkylation sites (tertiary alicyclic amines) is 1. The van der Waals surface area contributed by atoms with E-state index in [0.29, 0.717) is 13.0 Å². The van der Waals surface area contributed by atoms with Crippen LogP contribution in [0.2, 0.25) is 0 Å². The van der Waals surface area contributed by atoms with Crippen LogP contribution in [0.5, 0.6) is 5.75 Å². The molecule has 1 aliphatic carbocycles. The van der Waals surface area contributed by atoms with Gasteiger partial charge < -0.3 is 20.3 Å². The molecule has 1 aromatic rings. The maximum absolute atomic E-state index is 12.4. The Morgan fingerprint density at radius 1 is 1.28 bits per heavy atom. The Morgan fingerprint density at radius 2 is 2.04 bits per heavy atom. The van der Waals surface area contributed by atoms with Crippen LogP contribution in [0.15, 0.2) is 18.2 Å². The van der Waals surface area contributed by atoms with Gasteiger partial charge in [-0.1, -0.05) is 12.1 Å². The number of urea groups is 1. The summed E-state index contributed by atoms with van der Waals surface area (Å²) in [5, 5.41) is 6.00. The van der Waals surface area contributed by atoms with Crippen LogP contribution in [0.3, 0.4) is 0 Å². The maximum Gasteiger partial charge on any atom is 0.315 e. The highest BCUT2D eigenvalue weighted by Gasteiger charge is 2.37. The number of hydrogen-bond donors (Lipinski definition) is 2. The lowest BCUT2D eigenvalue weighted by atomic mass is 10.1. The highest BCUT2D eigenvalue weighted by atomic mass is 16.5. The summed E-state index contributed by atoms with van der Waals surface area (Å²) in [5.41, 5.74) is 2.07. The molecule has 6 heteroatoms. The number of rotatable bonds is 3. The second-order valence-corrected chi connectivity index (χ2v) is 7.81. The van der Waals surface area contributed by atoms with Gasteiger partial charge in [-0.25, -0.2) is 4.79 Å². The number of methoxy groups -OCH3 is 1. The number of carbonyl (C=O) groups excluding carboxylic acids is 2. The molecule has 0 spiro atoms. The molecule has 0 bridgehead atoms. The van der Waals surface area contributed by atoms with Gasteiger partial charge in [-0.2, -0.15) is 0 Å². The van der Waals surface area contributed by atoms with Crippen molar-refractivity contribution in [1.29, 1.82) is 0 Å². The van der Waals surface area contributed by atoms with E-state index < -0.39 is 0 Å². The lowest BCUT2D eigenvalue weighted by Gasteiger charge is -2.32. The third-order valence-corrected chi connectivity index (χ3v) is 5.02. The largest absolute Gasteiger partial charge is 0.496 e. The second kappa shape index (κ2) is 6.58. The monoisotopic (exact) mass is 345 g/mol. The molecule has 2 N–H and O–H groups in total. The van der Waals surface area contributed by atoms with E-state index in [1.165, 1.54) is 5.56 Å². The average molecular weight is 345 g/mol. The maximum atomic E-state index is 12.4. The Balaban J connectivity index is 1.60. The molecule has 6 nitrogen and oxygen atoms in total. The number of carbonyl (C=O) groups is 2. The molecule has 0 aromatic heterocycles. The van der Waals surface area contributed by atoms with Gasteiger partial charge in [0, 0.05) is 18.5 Å². The lowest BCUT2D eigenvalue weighted by Crippen LogP contribution is -2.47. The minimum atomic E-state index is -0.217. The number of nitrogens with zero attached hydrogens (tertiary/aromatic N) is 1. The molecule has 1 saturated heterocycles. The molecule has 2 aliphatic rings. The molecule has 2 unspecified atom stereocenters. The van der Waals surface area contributed by atoms with Gasteiger partial charge in [0.2, 0.25) is 5.91 Å². The van der Waals surface area contributed by atoms with Crippen molar-refractivity contribution in [2.45, 2.75) is 57.7 Å². The highest BCUT2D eigenvalue weighted by molar-refractivity contribution is 5.82. The normalized spacial score (nSPS) is 22.7. The Hall–Kier alpha value is -2.24. The summed E-state index contributed by atoms with van der Waals surface area (Å²) in [5.74, 6) is 0.971. The van der Waals surface area contributed by atoms with E-state index in [-0.39, 0.29) is 29.6 Å². The molecule has 25 heavy (non-hydrogen) atoms. The van der Waals surface area contributed by atoms with Crippen molar-refractivity contribution in [2.75, 3.05) is 13.7 Å². The minimum Gasteiger partial charge on any atom is -0.496 e. The van der Waals surface area contributed by atoms with E-state index in [9.17, 15) is 9.59 Å². The number of ether oxygens (including phenoxy) is 1. The van der Waals surface area contributed by atoms with Gasteiger partial charge >= 0.3 is 6.03 Å². The quantitative estimate of drug-likeness (QED) is 0.884. The van der Waals surface area contributed by atoms with Crippen molar-refractivity contribution in [3.63, 3.8) is 0 Å². The fourth-order valence-electron chi connectivity index (χ4n) is 3.80. The smallest absolute Gasteiger partial charge is 0.315 e. The van der Waals surface area contributed by atoms with Crippen LogP contribution in [-0.2, 0) is 11.2 Å². The molecular weight excluding hydrogens is 318 g/mol. The molecule has 1 heterocycles. The summed E-state index contributed by atoms with van der Waals surface area (Å²) >= 11 is 0. The zero-order chi connectivity index (χ0) is 18.2. The number of nitrogens with one attached hydrogen (secondary N) is 2. The van der Waals surface area contributed by atoms with Gasteiger partial charge in [-0.3, -0.25) is 4.79 Å². The van der Waals surface area contributed by atoms with Gasteiger partial charge in [-0.15, -0.1) is 0 Å². The Labute approximate surface area is 148 Å². The SMILES string of the molecule is COc1cccc2c1CCC2NC(=O)NC1CC(=O)N(C(C)(C)C)C1. The van der Waals surface area contributed by atoms with Crippen molar-refractivity contribution in [3.8, 4) is 5.75 Å². The van der Waals surface area contributed by atoms with Crippen LogP contribution in [0.4, 0.5) is 4.79 Å². The van der Waals surface area contributed by atoms with Crippen LogP contribution in [0.1, 0.15) is 50.8 Å². The fourth-order valence-corrected chi connectivity index (χ4v) is 3.80. The summed E-state index contributed by atoms with van der Waals surface area (Å²) in [7, 11) is 1.67. The van der Waals surface area contributed by atoms with E-state index in [4.69, 9.17) is 4.74 Å². The fraction of sp³-hybridized carbons (Fsp3) is 0.579. The van der Waals surface area contributed by atoms with Crippen LogP contribution in [0.25, 0.3) is 0 Å². The summed E-state index contributed by atoms with van der Waals surface area (Å²) in [6, 6.07) is 5.57. The standard InChI is InChI=1S/C19H27N3O3/c1-19(2,3)22-11-12(10-17(22)23)20-18(24)21-15-9-8-14-13(15)6-5-7-16(14)25-4/h5-7,12,15H,8-11H2,1-4H3,(H2,20,21,24). The van der Waals surface area contributed by atoms with Crippen LogP contribution in [0, 0.1) is 0 Å². The molecule has 3 amide bonds. The Kier molecular flexibility index (Phi) is 4.62. The first kappa shape index (κ1) is 17.6. The van der Waals surface area contributed by atoms with Crippen LogP contribution < -0.4 is 15.4 Å². The van der Waals surface area contributed by atoms with E-state index in [1.807, 2.05) is 43.9 Å². The van der Waals surface area contributed by atoms with Crippen molar-refractivity contribution >= 4 is 11.9 Å². The molecule has 136 valence electrons. The molecule has 0 saturated carbocycles. The van der Waals surface area contributed by atoms with E-state index >= 15 is 0 Å². The van der Waals surface area contributed by atoms with E-state index in [2.05, 4.69) is 10.6 Å². The average Bonchev–Trinajstić information content (AvgIpc) is 3.10.